The van der Waals surface area contributed by atoms with Gasteiger partial charge in [0.2, 0.25) is 0 Å². The smallest absolute Gasteiger partial charge is 0.264 e. The zero-order valence-corrected chi connectivity index (χ0v) is 18.3. The maximum Gasteiger partial charge on any atom is 0.264 e. The van der Waals surface area contributed by atoms with Crippen molar-refractivity contribution >= 4 is 22.7 Å². The van der Waals surface area contributed by atoms with Crippen molar-refractivity contribution in [1.29, 1.82) is 0 Å². The largest absolute Gasteiger partial charge is 0.361 e. The van der Waals surface area contributed by atoms with Crippen molar-refractivity contribution in [3.63, 3.8) is 0 Å². The van der Waals surface area contributed by atoms with Crippen molar-refractivity contribution in [3.8, 4) is 0 Å². The number of amides is 2. The van der Waals surface area contributed by atoms with Crippen LogP contribution in [0.5, 0.6) is 0 Å². The third kappa shape index (κ3) is 3.71. The van der Waals surface area contributed by atoms with E-state index in [0.29, 0.717) is 31.6 Å². The molecule has 0 saturated carbocycles. The molecule has 0 saturated heterocycles. The summed E-state index contributed by atoms with van der Waals surface area (Å²) in [6, 6.07) is 17.2. The van der Waals surface area contributed by atoms with E-state index in [4.69, 9.17) is 0 Å². The highest BCUT2D eigenvalue weighted by atomic mass is 16.2. The number of aromatic nitrogens is 2. The number of H-pyrrole nitrogens is 1. The van der Waals surface area contributed by atoms with E-state index in [1.54, 1.807) is 15.7 Å². The molecule has 0 aliphatic carbocycles. The quantitative estimate of drug-likeness (QED) is 0.512. The van der Waals surface area contributed by atoms with Crippen LogP contribution >= 0.6 is 0 Å². The van der Waals surface area contributed by atoms with E-state index in [0.717, 1.165) is 27.6 Å². The second kappa shape index (κ2) is 8.43. The summed E-state index contributed by atoms with van der Waals surface area (Å²) >= 11 is 0. The standard InChI is InChI=1S/C26H24N4O3/c1-27-24(31)23-19-11-13-29(25(32)21-8-5-9-22-20(21)10-12-28-22)15-18(19)16-30(26(23)33)14-17-6-3-2-4-7-17/h2-10,12,16,28H,11,13-15H2,1H3,(H,27,31). The molecule has 1 aliphatic rings. The summed E-state index contributed by atoms with van der Waals surface area (Å²) in [5.74, 6) is -0.455. The molecule has 5 rings (SSSR count). The van der Waals surface area contributed by atoms with Crippen LogP contribution in [-0.2, 0) is 19.5 Å². The summed E-state index contributed by atoms with van der Waals surface area (Å²) < 4.78 is 1.57. The normalized spacial score (nSPS) is 13.1. The van der Waals surface area contributed by atoms with Crippen molar-refractivity contribution in [2.45, 2.75) is 19.5 Å². The van der Waals surface area contributed by atoms with E-state index >= 15 is 0 Å². The number of hydrogen-bond acceptors (Lipinski definition) is 3. The van der Waals surface area contributed by atoms with Gasteiger partial charge in [0.15, 0.2) is 0 Å². The van der Waals surface area contributed by atoms with Crippen molar-refractivity contribution in [2.75, 3.05) is 13.6 Å². The van der Waals surface area contributed by atoms with Gasteiger partial charge in [-0.15, -0.1) is 0 Å². The van der Waals surface area contributed by atoms with Gasteiger partial charge in [-0.1, -0.05) is 36.4 Å². The van der Waals surface area contributed by atoms with Gasteiger partial charge in [0.1, 0.15) is 5.56 Å². The minimum absolute atomic E-state index is 0.0619. The maximum atomic E-state index is 13.4. The Hall–Kier alpha value is -4.13. The molecule has 7 heteroatoms. The number of fused-ring (bicyclic) bond motifs is 2. The van der Waals surface area contributed by atoms with E-state index in [1.165, 1.54) is 7.05 Å². The molecule has 0 fully saturated rings. The van der Waals surface area contributed by atoms with Gasteiger partial charge in [-0.05, 0) is 41.3 Å². The molecule has 0 bridgehead atoms. The lowest BCUT2D eigenvalue weighted by Gasteiger charge is -2.30. The number of carbonyl (C=O) groups excluding carboxylic acids is 2. The molecule has 0 spiro atoms. The second-order valence-corrected chi connectivity index (χ2v) is 8.23. The molecule has 166 valence electrons. The summed E-state index contributed by atoms with van der Waals surface area (Å²) in [7, 11) is 1.53. The van der Waals surface area contributed by atoms with Crippen LogP contribution in [0.4, 0.5) is 0 Å². The number of nitrogens with one attached hydrogen (secondary N) is 2. The molecule has 33 heavy (non-hydrogen) atoms. The van der Waals surface area contributed by atoms with Gasteiger partial charge in [-0.25, -0.2) is 0 Å². The number of rotatable bonds is 4. The first-order valence-corrected chi connectivity index (χ1v) is 10.9. The predicted molar refractivity (Wildman–Crippen MR) is 126 cm³/mol. The molecule has 4 aromatic rings. The minimum Gasteiger partial charge on any atom is -0.361 e. The topological polar surface area (TPSA) is 87.2 Å². The highest BCUT2D eigenvalue weighted by Gasteiger charge is 2.28. The second-order valence-electron chi connectivity index (χ2n) is 8.23. The Labute approximate surface area is 190 Å². The SMILES string of the molecule is CNC(=O)c1c2c(cn(Cc3ccccc3)c1=O)CN(C(=O)c1cccc3[nH]ccc13)CC2. The van der Waals surface area contributed by atoms with Gasteiger partial charge in [0.05, 0.1) is 6.54 Å². The fourth-order valence-electron chi connectivity index (χ4n) is 4.58. The van der Waals surface area contributed by atoms with Crippen LogP contribution < -0.4 is 10.9 Å². The predicted octanol–water partition coefficient (Wildman–Crippen LogP) is 2.94. The average Bonchev–Trinajstić information content (AvgIpc) is 3.33. The minimum atomic E-state index is -0.393. The molecule has 2 aromatic heterocycles. The highest BCUT2D eigenvalue weighted by molar-refractivity contribution is 6.06. The highest BCUT2D eigenvalue weighted by Crippen LogP contribution is 2.25. The Morgan fingerprint density at radius 1 is 1.06 bits per heavy atom. The summed E-state index contributed by atoms with van der Waals surface area (Å²) in [4.78, 5) is 44.2. The molecule has 2 N–H and O–H groups in total. The number of pyridine rings is 1. The van der Waals surface area contributed by atoms with Crippen LogP contribution in [0, 0.1) is 0 Å². The first-order valence-electron chi connectivity index (χ1n) is 10.9. The summed E-state index contributed by atoms with van der Waals surface area (Å²) in [5, 5.41) is 3.49. The molecule has 0 unspecified atom stereocenters. The van der Waals surface area contributed by atoms with Crippen molar-refractivity contribution in [1.82, 2.24) is 19.8 Å². The molecule has 2 aromatic carbocycles. The summed E-state index contributed by atoms with van der Waals surface area (Å²) in [5.41, 5.74) is 3.93. The maximum absolute atomic E-state index is 13.4. The van der Waals surface area contributed by atoms with E-state index in [9.17, 15) is 14.4 Å². The molecule has 0 atom stereocenters. The molecule has 2 amide bonds. The average molecular weight is 441 g/mol. The van der Waals surface area contributed by atoms with Crippen LogP contribution in [0.2, 0.25) is 0 Å². The Balaban J connectivity index is 1.54. The van der Waals surface area contributed by atoms with Gasteiger partial charge in [-0.3, -0.25) is 14.4 Å². The first kappa shape index (κ1) is 20.8. The van der Waals surface area contributed by atoms with Crippen LogP contribution in [0.3, 0.4) is 0 Å². The zero-order valence-electron chi connectivity index (χ0n) is 18.3. The van der Waals surface area contributed by atoms with Crippen LogP contribution in [0.1, 0.15) is 37.4 Å². The molecule has 7 nitrogen and oxygen atoms in total. The fourth-order valence-corrected chi connectivity index (χ4v) is 4.58. The van der Waals surface area contributed by atoms with Gasteiger partial charge in [0.25, 0.3) is 17.4 Å². The van der Waals surface area contributed by atoms with Crippen LogP contribution in [0.15, 0.2) is 71.8 Å². The zero-order chi connectivity index (χ0) is 22.9. The van der Waals surface area contributed by atoms with E-state index < -0.39 is 5.91 Å². The number of benzene rings is 2. The molecule has 0 radical (unpaired) electrons. The summed E-state index contributed by atoms with van der Waals surface area (Å²) in [6.45, 7) is 1.14. The van der Waals surface area contributed by atoms with Crippen molar-refractivity contribution in [3.05, 3.63) is 105 Å². The van der Waals surface area contributed by atoms with Crippen molar-refractivity contribution in [2.24, 2.45) is 0 Å². The van der Waals surface area contributed by atoms with Gasteiger partial charge in [-0.2, -0.15) is 0 Å². The van der Waals surface area contributed by atoms with Gasteiger partial charge in [0, 0.05) is 49.0 Å². The van der Waals surface area contributed by atoms with E-state index in [-0.39, 0.29) is 17.0 Å². The summed E-state index contributed by atoms with van der Waals surface area (Å²) in [6.07, 6.45) is 4.08. The fraction of sp³-hybridized carbons (Fsp3) is 0.192. The first-order chi connectivity index (χ1) is 16.1. The Morgan fingerprint density at radius 2 is 1.88 bits per heavy atom. The van der Waals surface area contributed by atoms with Crippen LogP contribution in [0.25, 0.3) is 10.9 Å². The Morgan fingerprint density at radius 3 is 2.67 bits per heavy atom. The Kier molecular flexibility index (Phi) is 5.30. The third-order valence-electron chi connectivity index (χ3n) is 6.23. The van der Waals surface area contributed by atoms with Crippen LogP contribution in [-0.4, -0.2) is 39.9 Å². The van der Waals surface area contributed by atoms with Gasteiger partial charge >= 0.3 is 0 Å². The van der Waals surface area contributed by atoms with Crippen molar-refractivity contribution < 1.29 is 9.59 Å². The lowest BCUT2D eigenvalue weighted by Crippen LogP contribution is -2.41. The number of aromatic amines is 1. The van der Waals surface area contributed by atoms with E-state index in [2.05, 4.69) is 10.3 Å². The molecular formula is C26H24N4O3. The lowest BCUT2D eigenvalue weighted by atomic mass is 9.95. The number of hydrogen-bond donors (Lipinski definition) is 2. The monoisotopic (exact) mass is 440 g/mol. The molecular weight excluding hydrogens is 416 g/mol. The molecule has 1 aliphatic heterocycles. The Bertz CT molecular complexity index is 1420. The van der Waals surface area contributed by atoms with E-state index in [1.807, 2.05) is 60.8 Å². The van der Waals surface area contributed by atoms with Gasteiger partial charge < -0.3 is 19.8 Å². The number of carbonyl (C=O) groups is 2. The third-order valence-corrected chi connectivity index (χ3v) is 6.23. The molecule has 3 heterocycles. The number of nitrogens with zero attached hydrogens (tertiary/aromatic N) is 2. The lowest BCUT2D eigenvalue weighted by molar-refractivity contribution is 0.0736.